The fourth-order valence-electron chi connectivity index (χ4n) is 2.48. The van der Waals surface area contributed by atoms with Gasteiger partial charge in [0.25, 0.3) is 0 Å². The summed E-state index contributed by atoms with van der Waals surface area (Å²) in [4.78, 5) is 17.1. The Hall–Kier alpha value is -1.51. The van der Waals surface area contributed by atoms with Crippen LogP contribution >= 0.6 is 15.9 Å². The van der Waals surface area contributed by atoms with Crippen molar-refractivity contribution < 1.29 is 4.79 Å². The van der Waals surface area contributed by atoms with Gasteiger partial charge in [0.15, 0.2) is 5.82 Å². The molecule has 1 atom stereocenters. The van der Waals surface area contributed by atoms with Gasteiger partial charge in [-0.3, -0.25) is 4.90 Å². The van der Waals surface area contributed by atoms with Crippen molar-refractivity contribution in [2.45, 2.75) is 12.6 Å². The molecule has 0 radical (unpaired) electrons. The number of hydrogen-bond acceptors (Lipinski definition) is 6. The fourth-order valence-corrected chi connectivity index (χ4v) is 3.09. The molecule has 0 spiro atoms. The van der Waals surface area contributed by atoms with Crippen LogP contribution in [-0.4, -0.2) is 51.5 Å². The van der Waals surface area contributed by atoms with E-state index in [9.17, 15) is 4.79 Å². The molecule has 1 aliphatic rings. The average molecular weight is 339 g/mol. The number of fused-ring (bicyclic) bond motifs is 1. The lowest BCUT2D eigenvalue weighted by molar-refractivity contribution is -0.110. The van der Waals surface area contributed by atoms with Crippen LogP contribution in [0.15, 0.2) is 17.0 Å². The standard InChI is InChI=1S/C12H15BrN6O/c13-10-8(3-18-2-1-15-9(5-18)6-20)4-19-11(10)12(14)16-7-17-19/h4,6-7,9,15H,1-3,5H2,(H2,14,16,17). The second-order valence-electron chi connectivity index (χ2n) is 4.84. The maximum Gasteiger partial charge on any atom is 0.152 e. The van der Waals surface area contributed by atoms with E-state index in [0.717, 1.165) is 41.5 Å². The van der Waals surface area contributed by atoms with Crippen molar-refractivity contribution in [3.8, 4) is 0 Å². The topological polar surface area (TPSA) is 88.5 Å². The molecule has 1 saturated heterocycles. The van der Waals surface area contributed by atoms with Gasteiger partial charge in [0.05, 0.1) is 10.5 Å². The maximum absolute atomic E-state index is 10.9. The van der Waals surface area contributed by atoms with E-state index >= 15 is 0 Å². The molecule has 0 aliphatic carbocycles. The largest absolute Gasteiger partial charge is 0.382 e. The van der Waals surface area contributed by atoms with Crippen molar-refractivity contribution in [1.82, 2.24) is 24.8 Å². The first-order valence-corrected chi connectivity index (χ1v) is 7.15. The summed E-state index contributed by atoms with van der Waals surface area (Å²) < 4.78 is 2.64. The van der Waals surface area contributed by atoms with Crippen LogP contribution in [0.2, 0.25) is 0 Å². The normalized spacial score (nSPS) is 20.4. The van der Waals surface area contributed by atoms with Crippen LogP contribution in [0, 0.1) is 0 Å². The van der Waals surface area contributed by atoms with E-state index in [1.807, 2.05) is 6.20 Å². The fraction of sp³-hybridized carbons (Fsp3) is 0.417. The highest BCUT2D eigenvalue weighted by atomic mass is 79.9. The van der Waals surface area contributed by atoms with E-state index in [2.05, 4.69) is 36.2 Å². The molecule has 20 heavy (non-hydrogen) atoms. The van der Waals surface area contributed by atoms with E-state index < -0.39 is 0 Å². The van der Waals surface area contributed by atoms with Crippen LogP contribution in [0.3, 0.4) is 0 Å². The molecule has 2 aromatic heterocycles. The number of nitrogen functional groups attached to an aromatic ring is 1. The molecule has 8 heteroatoms. The number of halogens is 1. The molecule has 3 heterocycles. The molecular weight excluding hydrogens is 324 g/mol. The number of nitrogens with two attached hydrogens (primary N) is 1. The van der Waals surface area contributed by atoms with Crippen LogP contribution in [0.25, 0.3) is 5.52 Å². The molecule has 1 aliphatic heterocycles. The van der Waals surface area contributed by atoms with Gasteiger partial charge in [-0.1, -0.05) is 0 Å². The molecule has 3 N–H and O–H groups in total. The summed E-state index contributed by atoms with van der Waals surface area (Å²) in [6.45, 7) is 3.18. The van der Waals surface area contributed by atoms with Crippen LogP contribution in [0.1, 0.15) is 5.56 Å². The summed E-state index contributed by atoms with van der Waals surface area (Å²) in [5, 5.41) is 7.32. The number of anilines is 1. The van der Waals surface area contributed by atoms with Gasteiger partial charge in [0, 0.05) is 37.9 Å². The third kappa shape index (κ3) is 2.41. The lowest BCUT2D eigenvalue weighted by atomic mass is 10.2. The van der Waals surface area contributed by atoms with Crippen molar-refractivity contribution in [1.29, 1.82) is 0 Å². The van der Waals surface area contributed by atoms with Crippen LogP contribution in [-0.2, 0) is 11.3 Å². The summed E-state index contributed by atoms with van der Waals surface area (Å²) in [6, 6.07) is -0.0931. The van der Waals surface area contributed by atoms with Gasteiger partial charge in [-0.2, -0.15) is 5.10 Å². The zero-order valence-corrected chi connectivity index (χ0v) is 12.4. The van der Waals surface area contributed by atoms with Crippen molar-refractivity contribution in [2.24, 2.45) is 0 Å². The molecular formula is C12H15BrN6O. The molecule has 0 bridgehead atoms. The first-order chi connectivity index (χ1) is 9.69. The monoisotopic (exact) mass is 338 g/mol. The van der Waals surface area contributed by atoms with Gasteiger partial charge in [-0.05, 0) is 15.9 Å². The quantitative estimate of drug-likeness (QED) is 0.768. The first kappa shape index (κ1) is 13.5. The second kappa shape index (κ2) is 5.47. The van der Waals surface area contributed by atoms with Gasteiger partial charge in [0.2, 0.25) is 0 Å². The highest BCUT2D eigenvalue weighted by Gasteiger charge is 2.21. The Morgan fingerprint density at radius 3 is 3.20 bits per heavy atom. The minimum atomic E-state index is -0.0931. The van der Waals surface area contributed by atoms with Gasteiger partial charge in [0.1, 0.15) is 18.1 Å². The summed E-state index contributed by atoms with van der Waals surface area (Å²) in [6.07, 6.45) is 4.34. The molecule has 1 unspecified atom stereocenters. The smallest absolute Gasteiger partial charge is 0.152 e. The van der Waals surface area contributed by atoms with Gasteiger partial charge >= 0.3 is 0 Å². The van der Waals surface area contributed by atoms with E-state index in [-0.39, 0.29) is 6.04 Å². The predicted molar refractivity (Wildman–Crippen MR) is 78.2 cm³/mol. The first-order valence-electron chi connectivity index (χ1n) is 6.36. The van der Waals surface area contributed by atoms with Crippen LogP contribution in [0.4, 0.5) is 5.82 Å². The Labute approximate surface area is 124 Å². The molecule has 1 fully saturated rings. The number of carbonyl (C=O) groups is 1. The van der Waals surface area contributed by atoms with Crippen molar-refractivity contribution >= 4 is 33.6 Å². The van der Waals surface area contributed by atoms with Gasteiger partial charge in [-0.25, -0.2) is 9.50 Å². The summed E-state index contributed by atoms with van der Waals surface area (Å²) in [7, 11) is 0. The number of nitrogens with one attached hydrogen (secondary N) is 1. The maximum atomic E-state index is 10.9. The Kier molecular flexibility index (Phi) is 3.68. The Morgan fingerprint density at radius 1 is 1.60 bits per heavy atom. The number of aromatic nitrogens is 3. The Morgan fingerprint density at radius 2 is 2.45 bits per heavy atom. The minimum absolute atomic E-state index is 0.0931. The van der Waals surface area contributed by atoms with Crippen LogP contribution in [0.5, 0.6) is 0 Å². The lowest BCUT2D eigenvalue weighted by Gasteiger charge is -2.30. The number of carbonyl (C=O) groups excluding carboxylic acids is 1. The van der Waals surface area contributed by atoms with E-state index in [4.69, 9.17) is 5.73 Å². The number of aldehydes is 1. The summed E-state index contributed by atoms with van der Waals surface area (Å²) in [5.74, 6) is 0.448. The third-order valence-corrected chi connectivity index (χ3v) is 4.35. The van der Waals surface area contributed by atoms with Crippen molar-refractivity contribution in [3.05, 3.63) is 22.6 Å². The molecule has 3 rings (SSSR count). The number of hydrogen-bond donors (Lipinski definition) is 2. The SMILES string of the molecule is Nc1ncnn2cc(CN3CCNC(C=O)C3)c(Br)c12. The molecule has 0 aromatic carbocycles. The third-order valence-electron chi connectivity index (χ3n) is 3.46. The van der Waals surface area contributed by atoms with E-state index in [1.54, 1.807) is 4.52 Å². The number of nitrogens with zero attached hydrogens (tertiary/aromatic N) is 4. The van der Waals surface area contributed by atoms with Crippen molar-refractivity contribution in [3.63, 3.8) is 0 Å². The second-order valence-corrected chi connectivity index (χ2v) is 5.63. The number of piperazine rings is 1. The highest BCUT2D eigenvalue weighted by molar-refractivity contribution is 9.10. The van der Waals surface area contributed by atoms with Crippen LogP contribution < -0.4 is 11.1 Å². The average Bonchev–Trinajstić information content (AvgIpc) is 2.77. The highest BCUT2D eigenvalue weighted by Crippen LogP contribution is 2.28. The lowest BCUT2D eigenvalue weighted by Crippen LogP contribution is -2.50. The van der Waals surface area contributed by atoms with Gasteiger partial charge < -0.3 is 15.8 Å². The van der Waals surface area contributed by atoms with Crippen molar-refractivity contribution in [2.75, 3.05) is 25.4 Å². The van der Waals surface area contributed by atoms with E-state index in [1.165, 1.54) is 6.33 Å². The molecule has 0 amide bonds. The molecule has 106 valence electrons. The summed E-state index contributed by atoms with van der Waals surface area (Å²) >= 11 is 3.57. The minimum Gasteiger partial charge on any atom is -0.382 e. The predicted octanol–water partition coefficient (Wildman–Crippen LogP) is 0.0467. The molecule has 0 saturated carbocycles. The molecule has 7 nitrogen and oxygen atoms in total. The Balaban J connectivity index is 1.86. The summed E-state index contributed by atoms with van der Waals surface area (Å²) in [5.41, 5.74) is 7.74. The zero-order valence-electron chi connectivity index (χ0n) is 10.8. The Bertz CT molecular complexity index is 642. The van der Waals surface area contributed by atoms with E-state index in [0.29, 0.717) is 12.4 Å². The molecule has 2 aromatic rings. The van der Waals surface area contributed by atoms with Gasteiger partial charge in [-0.15, -0.1) is 0 Å². The zero-order chi connectivity index (χ0) is 14.1. The number of rotatable bonds is 3.